The van der Waals surface area contributed by atoms with Gasteiger partial charge in [0, 0.05) is 12.1 Å². The highest BCUT2D eigenvalue weighted by molar-refractivity contribution is 7.16. The predicted octanol–water partition coefficient (Wildman–Crippen LogP) is 2.89. The van der Waals surface area contributed by atoms with Crippen LogP contribution in [0.4, 0.5) is 11.4 Å². The fraction of sp³-hybridized carbons (Fsp3) is 0.462. The summed E-state index contributed by atoms with van der Waals surface area (Å²) < 4.78 is 0.829. The van der Waals surface area contributed by atoms with Crippen molar-refractivity contribution in [2.75, 3.05) is 11.9 Å². The molecule has 1 aliphatic carbocycles. The molecular formula is C13H16N4O2S. The molecule has 3 N–H and O–H groups in total. The highest BCUT2D eigenvalue weighted by Gasteiger charge is 2.34. The van der Waals surface area contributed by atoms with Crippen molar-refractivity contribution in [3.05, 3.63) is 27.8 Å². The van der Waals surface area contributed by atoms with E-state index in [0.29, 0.717) is 17.7 Å². The number of thiazole rings is 1. The van der Waals surface area contributed by atoms with E-state index in [2.05, 4.69) is 10.3 Å². The smallest absolute Gasteiger partial charge is 0.319 e. The molecule has 0 aliphatic heterocycles. The normalized spacial score (nSPS) is 17.4. The van der Waals surface area contributed by atoms with Gasteiger partial charge in [-0.25, -0.2) is 4.98 Å². The third-order valence-corrected chi connectivity index (χ3v) is 4.80. The van der Waals surface area contributed by atoms with Crippen LogP contribution >= 0.6 is 11.3 Å². The van der Waals surface area contributed by atoms with Crippen LogP contribution in [0.25, 0.3) is 10.2 Å². The minimum Gasteiger partial charge on any atom is -0.373 e. The molecule has 3 rings (SSSR count). The summed E-state index contributed by atoms with van der Waals surface area (Å²) in [6.07, 6.45) is 4.12. The highest BCUT2D eigenvalue weighted by atomic mass is 32.1. The van der Waals surface area contributed by atoms with Gasteiger partial charge in [0.05, 0.1) is 15.1 Å². The van der Waals surface area contributed by atoms with Crippen LogP contribution in [0.5, 0.6) is 0 Å². The van der Waals surface area contributed by atoms with E-state index in [4.69, 9.17) is 5.73 Å². The van der Waals surface area contributed by atoms with Gasteiger partial charge in [-0.05, 0) is 25.0 Å². The Morgan fingerprint density at radius 1 is 1.45 bits per heavy atom. The van der Waals surface area contributed by atoms with Crippen molar-refractivity contribution in [2.24, 2.45) is 5.73 Å². The molecule has 1 aromatic heterocycles. The van der Waals surface area contributed by atoms with E-state index < -0.39 is 0 Å². The molecule has 0 saturated heterocycles. The molecular weight excluding hydrogens is 276 g/mol. The Balaban J connectivity index is 2.06. The largest absolute Gasteiger partial charge is 0.373 e. The molecule has 1 saturated carbocycles. The van der Waals surface area contributed by atoms with Crippen molar-refractivity contribution < 1.29 is 4.92 Å². The van der Waals surface area contributed by atoms with E-state index in [9.17, 15) is 10.1 Å². The van der Waals surface area contributed by atoms with Gasteiger partial charge in [0.15, 0.2) is 5.52 Å². The highest BCUT2D eigenvalue weighted by Crippen LogP contribution is 2.39. The molecule has 0 amide bonds. The minimum atomic E-state index is -0.358. The Labute approximate surface area is 120 Å². The van der Waals surface area contributed by atoms with E-state index in [-0.39, 0.29) is 16.1 Å². The first-order valence-corrected chi connectivity index (χ1v) is 7.52. The zero-order valence-electron chi connectivity index (χ0n) is 11.0. The molecule has 106 valence electrons. The lowest BCUT2D eigenvalue weighted by Crippen LogP contribution is -2.42. The fourth-order valence-electron chi connectivity index (χ4n) is 2.92. The van der Waals surface area contributed by atoms with Crippen molar-refractivity contribution in [1.29, 1.82) is 0 Å². The van der Waals surface area contributed by atoms with Crippen LogP contribution in [0.2, 0.25) is 0 Å². The van der Waals surface area contributed by atoms with E-state index >= 15 is 0 Å². The van der Waals surface area contributed by atoms with Crippen LogP contribution in [-0.2, 0) is 0 Å². The number of fused-ring (bicyclic) bond motifs is 1. The number of aromatic nitrogens is 1. The Hall–Kier alpha value is -1.73. The molecule has 7 heteroatoms. The maximum absolute atomic E-state index is 11.4. The zero-order chi connectivity index (χ0) is 14.2. The topological polar surface area (TPSA) is 94.1 Å². The number of nitrogens with two attached hydrogens (primary N) is 1. The van der Waals surface area contributed by atoms with Crippen molar-refractivity contribution in [1.82, 2.24) is 4.98 Å². The fourth-order valence-corrected chi connectivity index (χ4v) is 3.60. The summed E-state index contributed by atoms with van der Waals surface area (Å²) in [5.41, 5.74) is 8.35. The summed E-state index contributed by atoms with van der Waals surface area (Å²) in [7, 11) is 0. The Morgan fingerprint density at radius 2 is 2.20 bits per heavy atom. The maximum atomic E-state index is 11.4. The third kappa shape index (κ3) is 2.12. The first-order chi connectivity index (χ1) is 9.65. The van der Waals surface area contributed by atoms with E-state index in [1.54, 1.807) is 11.6 Å². The second kappa shape index (κ2) is 4.99. The number of benzene rings is 1. The molecule has 0 radical (unpaired) electrons. The quantitative estimate of drug-likeness (QED) is 0.667. The second-order valence-electron chi connectivity index (χ2n) is 5.23. The number of hydrogen-bond donors (Lipinski definition) is 2. The molecule has 1 aliphatic rings. The first-order valence-electron chi connectivity index (χ1n) is 6.64. The van der Waals surface area contributed by atoms with Crippen LogP contribution in [0, 0.1) is 10.1 Å². The molecule has 20 heavy (non-hydrogen) atoms. The van der Waals surface area contributed by atoms with Crippen molar-refractivity contribution >= 4 is 32.9 Å². The van der Waals surface area contributed by atoms with Gasteiger partial charge in [-0.3, -0.25) is 10.1 Å². The summed E-state index contributed by atoms with van der Waals surface area (Å²) in [5, 5.41) is 14.7. The van der Waals surface area contributed by atoms with Gasteiger partial charge in [-0.15, -0.1) is 11.3 Å². The Kier molecular flexibility index (Phi) is 3.31. The lowest BCUT2D eigenvalue weighted by molar-refractivity contribution is -0.382. The van der Waals surface area contributed by atoms with Crippen LogP contribution < -0.4 is 11.1 Å². The number of anilines is 1. The molecule has 1 aromatic carbocycles. The zero-order valence-corrected chi connectivity index (χ0v) is 11.8. The number of nitro benzene ring substituents is 1. The summed E-state index contributed by atoms with van der Waals surface area (Å²) in [5.74, 6) is 0. The van der Waals surface area contributed by atoms with E-state index in [1.807, 2.05) is 6.07 Å². The lowest BCUT2D eigenvalue weighted by atomic mass is 9.97. The van der Waals surface area contributed by atoms with Crippen LogP contribution in [-0.4, -0.2) is 22.0 Å². The third-order valence-electron chi connectivity index (χ3n) is 4.01. The molecule has 0 spiro atoms. The van der Waals surface area contributed by atoms with E-state index in [0.717, 1.165) is 30.4 Å². The minimum absolute atomic E-state index is 0.0588. The number of rotatable bonds is 4. The Morgan fingerprint density at radius 3 is 2.85 bits per heavy atom. The number of hydrogen-bond acceptors (Lipinski definition) is 6. The van der Waals surface area contributed by atoms with Gasteiger partial charge in [0.2, 0.25) is 0 Å². The average Bonchev–Trinajstić information content (AvgIpc) is 3.07. The monoisotopic (exact) mass is 292 g/mol. The number of nitro groups is 1. The maximum Gasteiger partial charge on any atom is 0.319 e. The van der Waals surface area contributed by atoms with Gasteiger partial charge in [0.1, 0.15) is 5.69 Å². The predicted molar refractivity (Wildman–Crippen MR) is 80.2 cm³/mol. The molecule has 0 bridgehead atoms. The summed E-state index contributed by atoms with van der Waals surface area (Å²) in [6, 6.07) is 3.65. The van der Waals surface area contributed by atoms with Crippen LogP contribution in [0.1, 0.15) is 25.7 Å². The standard InChI is InChI=1S/C13H16N4O2S/c14-7-13(5-1-2-6-13)16-9-3-4-10-11(15-8-20-10)12(9)17(18)19/h3-4,8,16H,1-2,5-7,14H2. The first kappa shape index (κ1) is 13.3. The number of nitrogens with zero attached hydrogens (tertiary/aromatic N) is 2. The van der Waals surface area contributed by atoms with Gasteiger partial charge < -0.3 is 11.1 Å². The summed E-state index contributed by atoms with van der Waals surface area (Å²) >= 11 is 1.41. The van der Waals surface area contributed by atoms with Crippen molar-refractivity contribution in [2.45, 2.75) is 31.2 Å². The summed E-state index contributed by atoms with van der Waals surface area (Å²) in [4.78, 5) is 15.2. The SMILES string of the molecule is NCC1(Nc2ccc3scnc3c2[N+](=O)[O-])CCCC1. The van der Waals surface area contributed by atoms with Gasteiger partial charge in [0.25, 0.3) is 0 Å². The average molecular weight is 292 g/mol. The second-order valence-corrected chi connectivity index (χ2v) is 6.12. The molecule has 1 heterocycles. The van der Waals surface area contributed by atoms with Gasteiger partial charge >= 0.3 is 5.69 Å². The molecule has 1 fully saturated rings. The lowest BCUT2D eigenvalue weighted by Gasteiger charge is -2.29. The summed E-state index contributed by atoms with van der Waals surface area (Å²) in [6.45, 7) is 0.485. The Bertz CT molecular complexity index is 649. The van der Waals surface area contributed by atoms with Crippen LogP contribution in [0.3, 0.4) is 0 Å². The molecule has 0 unspecified atom stereocenters. The van der Waals surface area contributed by atoms with Crippen LogP contribution in [0.15, 0.2) is 17.6 Å². The van der Waals surface area contributed by atoms with Crippen molar-refractivity contribution in [3.8, 4) is 0 Å². The molecule has 6 nitrogen and oxygen atoms in total. The molecule has 0 atom stereocenters. The molecule has 2 aromatic rings. The van der Waals surface area contributed by atoms with E-state index in [1.165, 1.54) is 11.3 Å². The van der Waals surface area contributed by atoms with Gasteiger partial charge in [-0.1, -0.05) is 12.8 Å². The van der Waals surface area contributed by atoms with Gasteiger partial charge in [-0.2, -0.15) is 0 Å². The number of nitrogens with one attached hydrogen (secondary N) is 1. The van der Waals surface area contributed by atoms with Crippen molar-refractivity contribution in [3.63, 3.8) is 0 Å².